The first kappa shape index (κ1) is 17.4. The van der Waals surface area contributed by atoms with Gasteiger partial charge in [0.2, 0.25) is 0 Å². The van der Waals surface area contributed by atoms with Crippen molar-refractivity contribution in [2.24, 2.45) is 0 Å². The summed E-state index contributed by atoms with van der Waals surface area (Å²) in [4.78, 5) is 11.9. The summed E-state index contributed by atoms with van der Waals surface area (Å²) in [6.07, 6.45) is 11.6. The third kappa shape index (κ3) is 8.52. The van der Waals surface area contributed by atoms with Crippen molar-refractivity contribution in [3.8, 4) is 0 Å². The molecule has 1 aromatic carbocycles. The van der Waals surface area contributed by atoms with Gasteiger partial charge >= 0.3 is 0 Å². The van der Waals surface area contributed by atoms with Crippen LogP contribution in [0.3, 0.4) is 0 Å². The Labute approximate surface area is 132 Å². The van der Waals surface area contributed by atoms with Gasteiger partial charge in [-0.25, -0.2) is 0 Å². The molecule has 0 aliphatic rings. The molecule has 0 aliphatic heterocycles. The second kappa shape index (κ2) is 11.1. The molecule has 0 unspecified atom stereocenters. The van der Waals surface area contributed by atoms with E-state index in [2.05, 4.69) is 22.9 Å². The predicted molar refractivity (Wildman–Crippen MR) is 90.1 cm³/mol. The standard InChI is InChI=1S/C18H27BrO/c1-2-3-4-5-6-7-8-9-10-18(20)15-16-11-13-17(19)14-12-16/h11-14H,2-10,15H2,1H3. The zero-order valence-electron chi connectivity index (χ0n) is 12.7. The Balaban J connectivity index is 2.01. The van der Waals surface area contributed by atoms with E-state index >= 15 is 0 Å². The van der Waals surface area contributed by atoms with Crippen molar-refractivity contribution in [1.29, 1.82) is 0 Å². The Bertz CT molecular complexity index is 370. The molecular weight excluding hydrogens is 312 g/mol. The second-order valence-electron chi connectivity index (χ2n) is 5.57. The number of unbranched alkanes of at least 4 members (excludes halogenated alkanes) is 7. The molecule has 0 radical (unpaired) electrons. The van der Waals surface area contributed by atoms with Crippen LogP contribution in [0.15, 0.2) is 28.7 Å². The largest absolute Gasteiger partial charge is 0.299 e. The fourth-order valence-electron chi connectivity index (χ4n) is 2.37. The minimum absolute atomic E-state index is 0.373. The summed E-state index contributed by atoms with van der Waals surface area (Å²) in [5.41, 5.74) is 1.12. The van der Waals surface area contributed by atoms with Crippen molar-refractivity contribution in [3.05, 3.63) is 34.3 Å². The van der Waals surface area contributed by atoms with Crippen LogP contribution >= 0.6 is 15.9 Å². The van der Waals surface area contributed by atoms with E-state index < -0.39 is 0 Å². The van der Waals surface area contributed by atoms with Crippen LogP contribution in [-0.2, 0) is 11.2 Å². The van der Waals surface area contributed by atoms with Crippen molar-refractivity contribution in [2.45, 2.75) is 71.1 Å². The van der Waals surface area contributed by atoms with Gasteiger partial charge in [-0.2, -0.15) is 0 Å². The number of carbonyl (C=O) groups excluding carboxylic acids is 1. The Morgan fingerprint density at radius 3 is 2.05 bits per heavy atom. The van der Waals surface area contributed by atoms with Gasteiger partial charge in [-0.05, 0) is 24.1 Å². The first-order valence-corrected chi connectivity index (χ1v) is 8.78. The summed E-state index contributed by atoms with van der Waals surface area (Å²) >= 11 is 3.41. The minimum Gasteiger partial charge on any atom is -0.299 e. The third-order valence-corrected chi connectivity index (χ3v) is 4.15. The fraction of sp³-hybridized carbons (Fsp3) is 0.611. The zero-order valence-corrected chi connectivity index (χ0v) is 14.3. The Kier molecular flexibility index (Phi) is 9.65. The molecule has 0 saturated heterocycles. The van der Waals surface area contributed by atoms with E-state index in [1.54, 1.807) is 0 Å². The molecule has 0 amide bonds. The number of benzene rings is 1. The lowest BCUT2D eigenvalue weighted by molar-refractivity contribution is -0.118. The molecule has 0 spiro atoms. The maximum Gasteiger partial charge on any atom is 0.137 e. The molecule has 0 N–H and O–H groups in total. The van der Waals surface area contributed by atoms with Crippen LogP contribution in [0.5, 0.6) is 0 Å². The molecule has 0 aliphatic carbocycles. The Hall–Kier alpha value is -0.630. The van der Waals surface area contributed by atoms with Crippen LogP contribution in [0.2, 0.25) is 0 Å². The van der Waals surface area contributed by atoms with E-state index in [-0.39, 0.29) is 0 Å². The molecule has 0 heterocycles. The Morgan fingerprint density at radius 1 is 0.900 bits per heavy atom. The van der Waals surface area contributed by atoms with Gasteiger partial charge in [0, 0.05) is 17.3 Å². The number of hydrogen-bond donors (Lipinski definition) is 0. The van der Waals surface area contributed by atoms with Gasteiger partial charge in [0.15, 0.2) is 0 Å². The molecule has 1 nitrogen and oxygen atoms in total. The second-order valence-corrected chi connectivity index (χ2v) is 6.48. The highest BCUT2D eigenvalue weighted by molar-refractivity contribution is 9.10. The molecule has 20 heavy (non-hydrogen) atoms. The summed E-state index contributed by atoms with van der Waals surface area (Å²) in [5.74, 6) is 0.373. The quantitative estimate of drug-likeness (QED) is 0.446. The normalized spacial score (nSPS) is 10.7. The minimum atomic E-state index is 0.373. The van der Waals surface area contributed by atoms with E-state index in [9.17, 15) is 4.79 Å². The number of ketones is 1. The smallest absolute Gasteiger partial charge is 0.137 e. The first-order valence-electron chi connectivity index (χ1n) is 7.98. The summed E-state index contributed by atoms with van der Waals surface area (Å²) in [7, 11) is 0. The van der Waals surface area contributed by atoms with Gasteiger partial charge in [-0.15, -0.1) is 0 Å². The maximum absolute atomic E-state index is 11.9. The lowest BCUT2D eigenvalue weighted by atomic mass is 10.0. The van der Waals surface area contributed by atoms with E-state index in [1.807, 2.05) is 24.3 Å². The highest BCUT2D eigenvalue weighted by Crippen LogP contribution is 2.13. The molecule has 0 atom stereocenters. The van der Waals surface area contributed by atoms with E-state index in [0.29, 0.717) is 12.2 Å². The van der Waals surface area contributed by atoms with Gasteiger partial charge in [0.05, 0.1) is 0 Å². The molecule has 1 rings (SSSR count). The number of halogens is 1. The van der Waals surface area contributed by atoms with Crippen LogP contribution in [0.25, 0.3) is 0 Å². The van der Waals surface area contributed by atoms with Crippen molar-refractivity contribution >= 4 is 21.7 Å². The van der Waals surface area contributed by atoms with Crippen LogP contribution < -0.4 is 0 Å². The number of rotatable bonds is 11. The monoisotopic (exact) mass is 338 g/mol. The van der Waals surface area contributed by atoms with Crippen molar-refractivity contribution in [3.63, 3.8) is 0 Å². The van der Waals surface area contributed by atoms with Gasteiger partial charge in [-0.1, -0.05) is 79.9 Å². The first-order chi connectivity index (χ1) is 9.72. The molecular formula is C18H27BrO. The molecule has 112 valence electrons. The number of hydrogen-bond acceptors (Lipinski definition) is 1. The Morgan fingerprint density at radius 2 is 1.45 bits per heavy atom. The molecule has 0 aromatic heterocycles. The summed E-state index contributed by atoms with van der Waals surface area (Å²) < 4.78 is 1.07. The van der Waals surface area contributed by atoms with E-state index in [0.717, 1.165) is 22.9 Å². The van der Waals surface area contributed by atoms with Crippen LogP contribution in [-0.4, -0.2) is 5.78 Å². The molecule has 0 fully saturated rings. The summed E-state index contributed by atoms with van der Waals surface area (Å²) in [5, 5.41) is 0. The fourth-order valence-corrected chi connectivity index (χ4v) is 2.64. The predicted octanol–water partition coefficient (Wildman–Crippen LogP) is 6.09. The summed E-state index contributed by atoms with van der Waals surface area (Å²) in [6.45, 7) is 2.25. The van der Waals surface area contributed by atoms with Gasteiger partial charge in [0.25, 0.3) is 0 Å². The lowest BCUT2D eigenvalue weighted by Crippen LogP contribution is -2.02. The van der Waals surface area contributed by atoms with Crippen molar-refractivity contribution in [2.75, 3.05) is 0 Å². The molecule has 0 bridgehead atoms. The van der Waals surface area contributed by atoms with E-state index in [4.69, 9.17) is 0 Å². The molecule has 2 heteroatoms. The lowest BCUT2D eigenvalue weighted by Gasteiger charge is -2.03. The van der Waals surface area contributed by atoms with Crippen LogP contribution in [0.4, 0.5) is 0 Å². The van der Waals surface area contributed by atoms with Crippen LogP contribution in [0.1, 0.15) is 70.3 Å². The average molecular weight is 339 g/mol. The summed E-state index contributed by atoms with van der Waals surface area (Å²) in [6, 6.07) is 8.04. The average Bonchev–Trinajstić information content (AvgIpc) is 2.44. The van der Waals surface area contributed by atoms with Crippen molar-refractivity contribution < 1.29 is 4.79 Å². The third-order valence-electron chi connectivity index (χ3n) is 3.62. The highest BCUT2D eigenvalue weighted by atomic mass is 79.9. The van der Waals surface area contributed by atoms with Crippen LogP contribution in [0, 0.1) is 0 Å². The maximum atomic E-state index is 11.9. The topological polar surface area (TPSA) is 17.1 Å². The van der Waals surface area contributed by atoms with Crippen molar-refractivity contribution in [1.82, 2.24) is 0 Å². The SMILES string of the molecule is CCCCCCCCCCC(=O)Cc1ccc(Br)cc1. The molecule has 1 aromatic rings. The number of Topliss-reactive ketones (excluding diaryl/α,β-unsaturated/α-hetero) is 1. The van der Waals surface area contributed by atoms with Gasteiger partial charge in [0.1, 0.15) is 5.78 Å². The zero-order chi connectivity index (χ0) is 14.6. The molecule has 0 saturated carbocycles. The van der Waals surface area contributed by atoms with Gasteiger partial charge in [-0.3, -0.25) is 4.79 Å². The highest BCUT2D eigenvalue weighted by Gasteiger charge is 2.03. The van der Waals surface area contributed by atoms with Gasteiger partial charge < -0.3 is 0 Å². The van der Waals surface area contributed by atoms with E-state index in [1.165, 1.54) is 44.9 Å². The number of carbonyl (C=O) groups is 1.